The number of Topliss-reactive ketones (excluding diaryl/α,β-unsaturated/α-hetero) is 1. The van der Waals surface area contributed by atoms with Crippen molar-refractivity contribution in [1.29, 1.82) is 0 Å². The Hall–Kier alpha value is -0.830. The van der Waals surface area contributed by atoms with Crippen LogP contribution in [0.25, 0.3) is 0 Å². The Kier molecular flexibility index (Phi) is 5.00. The monoisotopic (exact) mass is 284 g/mol. The molecule has 0 bridgehead atoms. The summed E-state index contributed by atoms with van der Waals surface area (Å²) >= 11 is 3.48. The lowest BCUT2D eigenvalue weighted by Crippen LogP contribution is -2.11. The molecule has 0 saturated carbocycles. The molecule has 0 heterocycles. The highest BCUT2D eigenvalue weighted by Crippen LogP contribution is 2.34. The van der Waals surface area contributed by atoms with Crippen LogP contribution in [-0.4, -0.2) is 12.9 Å². The Balaban J connectivity index is 0.000000606. The maximum absolute atomic E-state index is 11.6. The van der Waals surface area contributed by atoms with Crippen LogP contribution >= 0.6 is 15.9 Å². The largest absolute Gasteiger partial charge is 0.496 e. The molecule has 2 nitrogen and oxygen atoms in total. The van der Waals surface area contributed by atoms with Gasteiger partial charge in [0.25, 0.3) is 0 Å². The first-order chi connectivity index (χ1) is 7.74. The highest BCUT2D eigenvalue weighted by atomic mass is 79.9. The number of carbonyl (C=O) groups excluding carboxylic acids is 1. The summed E-state index contributed by atoms with van der Waals surface area (Å²) in [6.45, 7) is 4.00. The standard InChI is InChI=1S/C11H11BrO2.C2H6/c1-14-10-6-5-7-8(11(10)12)3-2-4-9(7)13;1-2/h5-6H,2-4H2,1H3;1-2H3. The van der Waals surface area contributed by atoms with Crippen molar-refractivity contribution in [3.8, 4) is 5.75 Å². The third kappa shape index (κ3) is 2.46. The molecule has 16 heavy (non-hydrogen) atoms. The van der Waals surface area contributed by atoms with E-state index in [0.717, 1.165) is 34.2 Å². The summed E-state index contributed by atoms with van der Waals surface area (Å²) in [4.78, 5) is 11.6. The van der Waals surface area contributed by atoms with Crippen LogP contribution in [0.15, 0.2) is 16.6 Å². The topological polar surface area (TPSA) is 26.3 Å². The van der Waals surface area contributed by atoms with E-state index in [1.54, 1.807) is 7.11 Å². The van der Waals surface area contributed by atoms with Gasteiger partial charge in [-0.1, -0.05) is 13.8 Å². The van der Waals surface area contributed by atoms with Gasteiger partial charge >= 0.3 is 0 Å². The molecule has 0 fully saturated rings. The van der Waals surface area contributed by atoms with Gasteiger partial charge in [-0.25, -0.2) is 0 Å². The van der Waals surface area contributed by atoms with E-state index in [4.69, 9.17) is 4.74 Å². The summed E-state index contributed by atoms with van der Waals surface area (Å²) in [6, 6.07) is 3.70. The highest BCUT2D eigenvalue weighted by Gasteiger charge is 2.20. The molecule has 1 aliphatic rings. The zero-order valence-corrected chi connectivity index (χ0v) is 11.6. The number of fused-ring (bicyclic) bond motifs is 1. The van der Waals surface area contributed by atoms with Gasteiger partial charge in [0.2, 0.25) is 0 Å². The van der Waals surface area contributed by atoms with Gasteiger partial charge in [-0.05, 0) is 46.5 Å². The van der Waals surface area contributed by atoms with Gasteiger partial charge in [0.1, 0.15) is 5.75 Å². The summed E-state index contributed by atoms with van der Waals surface area (Å²) in [5.74, 6) is 1.05. The lowest BCUT2D eigenvalue weighted by atomic mass is 9.90. The molecule has 0 unspecified atom stereocenters. The molecular weight excluding hydrogens is 268 g/mol. The van der Waals surface area contributed by atoms with Crippen molar-refractivity contribution in [3.05, 3.63) is 27.7 Å². The van der Waals surface area contributed by atoms with E-state index < -0.39 is 0 Å². The van der Waals surface area contributed by atoms with Crippen LogP contribution in [0, 0.1) is 0 Å². The lowest BCUT2D eigenvalue weighted by molar-refractivity contribution is 0.0972. The molecular formula is C13H17BrO2. The van der Waals surface area contributed by atoms with Gasteiger partial charge in [-0.15, -0.1) is 0 Å². The van der Waals surface area contributed by atoms with Crippen molar-refractivity contribution in [2.24, 2.45) is 0 Å². The fourth-order valence-corrected chi connectivity index (χ4v) is 2.53. The number of benzene rings is 1. The zero-order valence-electron chi connectivity index (χ0n) is 9.97. The molecule has 1 aromatic carbocycles. The minimum absolute atomic E-state index is 0.245. The minimum Gasteiger partial charge on any atom is -0.496 e. The number of hydrogen-bond donors (Lipinski definition) is 0. The molecule has 88 valence electrons. The molecule has 1 aliphatic carbocycles. The van der Waals surface area contributed by atoms with Crippen LogP contribution in [-0.2, 0) is 6.42 Å². The summed E-state index contributed by atoms with van der Waals surface area (Å²) in [7, 11) is 1.64. The van der Waals surface area contributed by atoms with Crippen LogP contribution in [0.1, 0.15) is 42.6 Å². The molecule has 0 saturated heterocycles. The molecule has 0 aromatic heterocycles. The van der Waals surface area contributed by atoms with Gasteiger partial charge in [0, 0.05) is 12.0 Å². The normalized spacial score (nSPS) is 13.6. The van der Waals surface area contributed by atoms with Crippen molar-refractivity contribution in [3.63, 3.8) is 0 Å². The molecule has 0 radical (unpaired) electrons. The third-order valence-electron chi connectivity index (χ3n) is 2.56. The predicted molar refractivity (Wildman–Crippen MR) is 69.3 cm³/mol. The Morgan fingerprint density at radius 2 is 1.94 bits per heavy atom. The van der Waals surface area contributed by atoms with Gasteiger partial charge in [0.15, 0.2) is 5.78 Å². The van der Waals surface area contributed by atoms with E-state index in [-0.39, 0.29) is 5.78 Å². The fraction of sp³-hybridized carbons (Fsp3) is 0.462. The predicted octanol–water partition coefficient (Wildman–Crippen LogP) is 4.00. The molecule has 3 heteroatoms. The van der Waals surface area contributed by atoms with E-state index >= 15 is 0 Å². The second-order valence-corrected chi connectivity index (χ2v) is 4.18. The van der Waals surface area contributed by atoms with Crippen molar-refractivity contribution < 1.29 is 9.53 Å². The minimum atomic E-state index is 0.245. The number of ether oxygens (including phenoxy) is 1. The third-order valence-corrected chi connectivity index (χ3v) is 3.43. The van der Waals surface area contributed by atoms with Gasteiger partial charge < -0.3 is 4.74 Å². The summed E-state index contributed by atoms with van der Waals surface area (Å²) in [5, 5.41) is 0. The van der Waals surface area contributed by atoms with Crippen LogP contribution in [0.5, 0.6) is 5.75 Å². The maximum Gasteiger partial charge on any atom is 0.163 e. The second kappa shape index (κ2) is 6.04. The van der Waals surface area contributed by atoms with Crippen molar-refractivity contribution in [2.45, 2.75) is 33.1 Å². The quantitative estimate of drug-likeness (QED) is 0.779. The number of rotatable bonds is 1. The second-order valence-electron chi connectivity index (χ2n) is 3.38. The van der Waals surface area contributed by atoms with E-state index in [1.807, 2.05) is 26.0 Å². The first-order valence-electron chi connectivity index (χ1n) is 5.62. The van der Waals surface area contributed by atoms with E-state index in [2.05, 4.69) is 15.9 Å². The smallest absolute Gasteiger partial charge is 0.163 e. The number of hydrogen-bond acceptors (Lipinski definition) is 2. The van der Waals surface area contributed by atoms with Gasteiger partial charge in [0.05, 0.1) is 11.6 Å². The Morgan fingerprint density at radius 1 is 1.25 bits per heavy atom. The average molecular weight is 285 g/mol. The lowest BCUT2D eigenvalue weighted by Gasteiger charge is -2.17. The van der Waals surface area contributed by atoms with Crippen molar-refractivity contribution in [2.75, 3.05) is 7.11 Å². The van der Waals surface area contributed by atoms with Gasteiger partial charge in [-0.2, -0.15) is 0 Å². The number of carbonyl (C=O) groups is 1. The molecule has 0 spiro atoms. The van der Waals surface area contributed by atoms with Crippen LogP contribution in [0.3, 0.4) is 0 Å². The van der Waals surface area contributed by atoms with Crippen LogP contribution in [0.2, 0.25) is 0 Å². The number of ketones is 1. The van der Waals surface area contributed by atoms with E-state index in [0.29, 0.717) is 6.42 Å². The van der Waals surface area contributed by atoms with Crippen LogP contribution < -0.4 is 4.74 Å². The Morgan fingerprint density at radius 3 is 2.56 bits per heavy atom. The Bertz CT molecular complexity index is 386. The van der Waals surface area contributed by atoms with Crippen LogP contribution in [0.4, 0.5) is 0 Å². The van der Waals surface area contributed by atoms with E-state index in [1.165, 1.54) is 0 Å². The number of methoxy groups -OCH3 is 1. The first kappa shape index (κ1) is 13.2. The molecule has 0 atom stereocenters. The van der Waals surface area contributed by atoms with Crippen molar-refractivity contribution in [1.82, 2.24) is 0 Å². The van der Waals surface area contributed by atoms with Crippen molar-refractivity contribution >= 4 is 21.7 Å². The van der Waals surface area contributed by atoms with E-state index in [9.17, 15) is 4.79 Å². The average Bonchev–Trinajstić information content (AvgIpc) is 2.33. The molecule has 0 N–H and O–H groups in total. The summed E-state index contributed by atoms with van der Waals surface area (Å²) in [6.07, 6.45) is 2.57. The molecule has 2 rings (SSSR count). The summed E-state index contributed by atoms with van der Waals surface area (Å²) in [5.41, 5.74) is 1.95. The fourth-order valence-electron chi connectivity index (χ4n) is 1.82. The summed E-state index contributed by atoms with van der Waals surface area (Å²) < 4.78 is 6.12. The SMILES string of the molecule is CC.COc1ccc2c(c1Br)CCCC2=O. The first-order valence-corrected chi connectivity index (χ1v) is 6.42. The highest BCUT2D eigenvalue weighted by molar-refractivity contribution is 9.10. The number of halogens is 1. The molecule has 1 aromatic rings. The van der Waals surface area contributed by atoms with Gasteiger partial charge in [-0.3, -0.25) is 4.79 Å². The maximum atomic E-state index is 11.6. The molecule has 0 amide bonds. The molecule has 0 aliphatic heterocycles. The zero-order chi connectivity index (χ0) is 12.1. The Labute approximate surface area is 105 Å².